The summed E-state index contributed by atoms with van der Waals surface area (Å²) in [4.78, 5) is 21.6. The number of unbranched alkanes of at least 4 members (excludes halogenated alkanes) is 3. The van der Waals surface area contributed by atoms with Gasteiger partial charge in [-0.25, -0.2) is 0 Å². The van der Waals surface area contributed by atoms with Gasteiger partial charge in [-0.15, -0.1) is 0 Å². The molecule has 0 saturated carbocycles. The molecule has 1 aromatic carbocycles. The van der Waals surface area contributed by atoms with Crippen molar-refractivity contribution in [1.29, 1.82) is 0 Å². The van der Waals surface area contributed by atoms with Crippen molar-refractivity contribution in [2.24, 2.45) is 0 Å². The van der Waals surface area contributed by atoms with Gasteiger partial charge in [0.25, 0.3) is 0 Å². The lowest BCUT2D eigenvalue weighted by Crippen LogP contribution is -2.11. The van der Waals surface area contributed by atoms with Crippen LogP contribution in [0.3, 0.4) is 0 Å². The van der Waals surface area contributed by atoms with Gasteiger partial charge >= 0.3 is 11.9 Å². The van der Waals surface area contributed by atoms with Crippen molar-refractivity contribution in [2.75, 3.05) is 0 Å². The fraction of sp³-hybridized carbons (Fsp3) is 0.467. The number of benzene rings is 1. The number of rotatable bonds is 9. The zero-order valence-electron chi connectivity index (χ0n) is 10.9. The minimum Gasteiger partial charge on any atom is -0.481 e. The van der Waals surface area contributed by atoms with Gasteiger partial charge in [-0.1, -0.05) is 49.6 Å². The van der Waals surface area contributed by atoms with E-state index in [9.17, 15) is 14.7 Å². The number of aliphatic carboxylic acids is 2. The molecule has 0 saturated heterocycles. The Morgan fingerprint density at radius 1 is 0.947 bits per heavy atom. The molecule has 0 heterocycles. The Morgan fingerprint density at radius 2 is 1.58 bits per heavy atom. The van der Waals surface area contributed by atoms with E-state index in [4.69, 9.17) is 5.11 Å². The maximum atomic E-state index is 11.2. The Hall–Kier alpha value is -1.84. The molecule has 0 spiro atoms. The molecule has 0 fully saturated rings. The summed E-state index contributed by atoms with van der Waals surface area (Å²) in [7, 11) is 0. The molecular formula is C15H20O4. The van der Waals surface area contributed by atoms with E-state index in [1.54, 1.807) is 0 Å². The first-order chi connectivity index (χ1) is 9.11. The van der Waals surface area contributed by atoms with E-state index in [0.29, 0.717) is 12.8 Å². The minimum absolute atomic E-state index is 0.195. The number of hydrogen-bond acceptors (Lipinski definition) is 2. The van der Waals surface area contributed by atoms with E-state index in [2.05, 4.69) is 0 Å². The highest BCUT2D eigenvalue weighted by Crippen LogP contribution is 2.23. The van der Waals surface area contributed by atoms with Crippen LogP contribution in [0.1, 0.15) is 50.0 Å². The second kappa shape index (κ2) is 8.29. The highest BCUT2D eigenvalue weighted by Gasteiger charge is 2.18. The zero-order valence-corrected chi connectivity index (χ0v) is 10.9. The lowest BCUT2D eigenvalue weighted by atomic mass is 9.93. The summed E-state index contributed by atoms with van der Waals surface area (Å²) in [5.41, 5.74) is 0.834. The third-order valence-corrected chi connectivity index (χ3v) is 3.13. The molecule has 1 rings (SSSR count). The molecule has 0 bridgehead atoms. The van der Waals surface area contributed by atoms with Gasteiger partial charge in [-0.2, -0.15) is 0 Å². The van der Waals surface area contributed by atoms with E-state index in [-0.39, 0.29) is 6.42 Å². The lowest BCUT2D eigenvalue weighted by molar-refractivity contribution is -0.139. The normalized spacial score (nSPS) is 12.0. The quantitative estimate of drug-likeness (QED) is 0.671. The number of hydrogen-bond donors (Lipinski definition) is 2. The van der Waals surface area contributed by atoms with Gasteiger partial charge < -0.3 is 10.2 Å². The molecule has 1 unspecified atom stereocenters. The molecule has 0 aromatic heterocycles. The van der Waals surface area contributed by atoms with Crippen LogP contribution in [0, 0.1) is 0 Å². The third-order valence-electron chi connectivity index (χ3n) is 3.13. The van der Waals surface area contributed by atoms with Gasteiger partial charge in [0.05, 0.1) is 5.92 Å². The number of carbonyl (C=O) groups is 2. The molecule has 0 aliphatic heterocycles. The molecule has 0 aliphatic rings. The van der Waals surface area contributed by atoms with E-state index in [1.165, 1.54) is 0 Å². The summed E-state index contributed by atoms with van der Waals surface area (Å²) in [6.45, 7) is 0. The smallest absolute Gasteiger partial charge is 0.310 e. The summed E-state index contributed by atoms with van der Waals surface area (Å²) in [5, 5.41) is 17.7. The average Bonchev–Trinajstić information content (AvgIpc) is 2.38. The number of carboxylic acids is 2. The molecule has 1 atom stereocenters. The second-order valence-corrected chi connectivity index (χ2v) is 4.65. The number of carboxylic acid groups (broad SMARTS) is 2. The molecule has 2 N–H and O–H groups in total. The van der Waals surface area contributed by atoms with Crippen molar-refractivity contribution >= 4 is 11.9 Å². The molecule has 1 aromatic rings. The van der Waals surface area contributed by atoms with Crippen LogP contribution in [0.2, 0.25) is 0 Å². The predicted octanol–water partition coefficient (Wildman–Crippen LogP) is 3.28. The Bertz CT molecular complexity index is 400. The maximum absolute atomic E-state index is 11.2. The summed E-state index contributed by atoms with van der Waals surface area (Å²) >= 11 is 0. The molecule has 0 radical (unpaired) electrons. The second-order valence-electron chi connectivity index (χ2n) is 4.65. The fourth-order valence-corrected chi connectivity index (χ4v) is 2.10. The summed E-state index contributed by atoms with van der Waals surface area (Å²) in [6.07, 6.45) is 3.99. The van der Waals surface area contributed by atoms with Gasteiger partial charge in [0.2, 0.25) is 0 Å². The standard InChI is InChI=1S/C15H20O4/c16-14(17)11-7-2-1-6-10-13(15(18)19)12-8-4-3-5-9-12/h3-5,8-9,13H,1-2,6-7,10-11H2,(H,16,17)(H,18,19). The summed E-state index contributed by atoms with van der Waals surface area (Å²) < 4.78 is 0. The molecule has 0 aliphatic carbocycles. The van der Waals surface area contributed by atoms with Crippen LogP contribution >= 0.6 is 0 Å². The lowest BCUT2D eigenvalue weighted by Gasteiger charge is -2.12. The van der Waals surface area contributed by atoms with Gasteiger partial charge in [-0.05, 0) is 18.4 Å². The van der Waals surface area contributed by atoms with Gasteiger partial charge in [-0.3, -0.25) is 9.59 Å². The van der Waals surface area contributed by atoms with Crippen molar-refractivity contribution in [3.8, 4) is 0 Å². The van der Waals surface area contributed by atoms with Crippen molar-refractivity contribution in [3.05, 3.63) is 35.9 Å². The van der Waals surface area contributed by atoms with E-state index >= 15 is 0 Å². The Kier molecular flexibility index (Phi) is 6.64. The van der Waals surface area contributed by atoms with Crippen LogP contribution in [0.5, 0.6) is 0 Å². The van der Waals surface area contributed by atoms with Gasteiger partial charge in [0.15, 0.2) is 0 Å². The van der Waals surface area contributed by atoms with Crippen LogP contribution in [0.25, 0.3) is 0 Å². The van der Waals surface area contributed by atoms with Crippen LogP contribution in [0.15, 0.2) is 30.3 Å². The van der Waals surface area contributed by atoms with E-state index in [0.717, 1.165) is 24.8 Å². The van der Waals surface area contributed by atoms with Crippen LogP contribution < -0.4 is 0 Å². The zero-order chi connectivity index (χ0) is 14.1. The van der Waals surface area contributed by atoms with Gasteiger partial charge in [0.1, 0.15) is 0 Å². The van der Waals surface area contributed by atoms with Gasteiger partial charge in [0, 0.05) is 6.42 Å². The van der Waals surface area contributed by atoms with Crippen molar-refractivity contribution in [2.45, 2.75) is 44.4 Å². The van der Waals surface area contributed by atoms with Crippen LogP contribution in [-0.2, 0) is 9.59 Å². The van der Waals surface area contributed by atoms with Crippen LogP contribution in [-0.4, -0.2) is 22.2 Å². The topological polar surface area (TPSA) is 74.6 Å². The molecule has 0 amide bonds. The Morgan fingerprint density at radius 3 is 2.16 bits per heavy atom. The van der Waals surface area contributed by atoms with Crippen molar-refractivity contribution in [3.63, 3.8) is 0 Å². The van der Waals surface area contributed by atoms with E-state index < -0.39 is 17.9 Å². The summed E-state index contributed by atoms with van der Waals surface area (Å²) in [6, 6.07) is 9.23. The first-order valence-corrected chi connectivity index (χ1v) is 6.61. The predicted molar refractivity (Wildman–Crippen MR) is 72.2 cm³/mol. The Balaban J connectivity index is 2.32. The fourth-order valence-electron chi connectivity index (χ4n) is 2.10. The molecule has 19 heavy (non-hydrogen) atoms. The first kappa shape index (κ1) is 15.2. The Labute approximate surface area is 113 Å². The maximum Gasteiger partial charge on any atom is 0.310 e. The minimum atomic E-state index is -0.795. The third kappa shape index (κ3) is 6.04. The van der Waals surface area contributed by atoms with Crippen molar-refractivity contribution in [1.82, 2.24) is 0 Å². The van der Waals surface area contributed by atoms with Crippen LogP contribution in [0.4, 0.5) is 0 Å². The highest BCUT2D eigenvalue weighted by atomic mass is 16.4. The molecule has 4 nitrogen and oxygen atoms in total. The molecular weight excluding hydrogens is 244 g/mol. The molecule has 4 heteroatoms. The van der Waals surface area contributed by atoms with E-state index in [1.807, 2.05) is 30.3 Å². The monoisotopic (exact) mass is 264 g/mol. The SMILES string of the molecule is O=C(O)CCCCCCC(C(=O)O)c1ccccc1. The molecule has 104 valence electrons. The first-order valence-electron chi connectivity index (χ1n) is 6.61. The average molecular weight is 264 g/mol. The largest absolute Gasteiger partial charge is 0.481 e. The highest BCUT2D eigenvalue weighted by molar-refractivity contribution is 5.75. The summed E-state index contributed by atoms with van der Waals surface area (Å²) in [5.74, 6) is -2.02. The van der Waals surface area contributed by atoms with Crippen molar-refractivity contribution < 1.29 is 19.8 Å².